The quantitative estimate of drug-likeness (QED) is 0.790. The fourth-order valence-electron chi connectivity index (χ4n) is 5.70. The fraction of sp³-hybridized carbons (Fsp3) is 0.696. The van der Waals surface area contributed by atoms with Crippen LogP contribution in [0.1, 0.15) is 56.6 Å². The highest BCUT2D eigenvalue weighted by molar-refractivity contribution is 5.78. The first-order chi connectivity index (χ1) is 13.7. The number of amides is 1. The van der Waals surface area contributed by atoms with Gasteiger partial charge in [0.15, 0.2) is 0 Å². The summed E-state index contributed by atoms with van der Waals surface area (Å²) in [5.74, 6) is 2.32. The van der Waals surface area contributed by atoms with Gasteiger partial charge in [-0.1, -0.05) is 18.6 Å². The van der Waals surface area contributed by atoms with E-state index in [1.165, 1.54) is 37.7 Å². The lowest BCUT2D eigenvalue weighted by atomic mass is 9.65. The van der Waals surface area contributed by atoms with Crippen molar-refractivity contribution in [3.8, 4) is 5.75 Å². The first kappa shape index (κ1) is 19.7. The Morgan fingerprint density at radius 3 is 2.61 bits per heavy atom. The smallest absolute Gasteiger partial charge is 0.223 e. The van der Waals surface area contributed by atoms with Gasteiger partial charge in [-0.25, -0.2) is 0 Å². The van der Waals surface area contributed by atoms with E-state index >= 15 is 0 Å². The number of carbonyl (C=O) groups is 1. The van der Waals surface area contributed by atoms with E-state index in [-0.39, 0.29) is 17.9 Å². The molecule has 2 aliphatic carbocycles. The molecule has 1 heterocycles. The number of hydrogen-bond acceptors (Lipinski definition) is 4. The minimum Gasteiger partial charge on any atom is -0.497 e. The SMILES string of the molecule is COc1cccc(C(CNC(=O)C2CC3CCCC(C2)C3N)N2CCCC2)c1. The van der Waals surface area contributed by atoms with Crippen LogP contribution in [0.15, 0.2) is 24.3 Å². The maximum Gasteiger partial charge on any atom is 0.223 e. The molecule has 1 amide bonds. The average Bonchev–Trinajstić information content (AvgIpc) is 3.22. The summed E-state index contributed by atoms with van der Waals surface area (Å²) >= 11 is 0. The van der Waals surface area contributed by atoms with Gasteiger partial charge >= 0.3 is 0 Å². The third-order valence-electron chi connectivity index (χ3n) is 7.31. The molecule has 2 bridgehead atoms. The van der Waals surface area contributed by atoms with E-state index in [2.05, 4.69) is 22.3 Å². The molecule has 0 spiro atoms. The number of nitrogens with one attached hydrogen (secondary N) is 1. The van der Waals surface area contributed by atoms with Gasteiger partial charge in [0.2, 0.25) is 5.91 Å². The number of carbonyl (C=O) groups excluding carboxylic acids is 1. The van der Waals surface area contributed by atoms with Crippen molar-refractivity contribution in [3.63, 3.8) is 0 Å². The number of hydrogen-bond donors (Lipinski definition) is 2. The van der Waals surface area contributed by atoms with Gasteiger partial charge in [0.05, 0.1) is 13.2 Å². The Morgan fingerprint density at radius 2 is 1.93 bits per heavy atom. The Kier molecular flexibility index (Phi) is 6.22. The first-order valence-corrected chi connectivity index (χ1v) is 11.1. The van der Waals surface area contributed by atoms with Gasteiger partial charge in [0, 0.05) is 18.5 Å². The van der Waals surface area contributed by atoms with Gasteiger partial charge in [0.25, 0.3) is 0 Å². The summed E-state index contributed by atoms with van der Waals surface area (Å²) < 4.78 is 5.42. The van der Waals surface area contributed by atoms with Crippen molar-refractivity contribution in [2.24, 2.45) is 23.5 Å². The molecule has 3 fully saturated rings. The number of benzene rings is 1. The molecule has 1 aromatic carbocycles. The second-order valence-electron chi connectivity index (χ2n) is 8.98. The maximum absolute atomic E-state index is 13.0. The van der Waals surface area contributed by atoms with Gasteiger partial charge in [-0.2, -0.15) is 0 Å². The van der Waals surface area contributed by atoms with E-state index in [1.54, 1.807) is 7.11 Å². The average molecular weight is 386 g/mol. The number of nitrogens with zero attached hydrogens (tertiary/aromatic N) is 1. The Hall–Kier alpha value is -1.59. The van der Waals surface area contributed by atoms with Crippen molar-refractivity contribution in [2.45, 2.75) is 57.0 Å². The molecule has 1 saturated heterocycles. The van der Waals surface area contributed by atoms with E-state index in [4.69, 9.17) is 10.5 Å². The third-order valence-corrected chi connectivity index (χ3v) is 7.31. The van der Waals surface area contributed by atoms with Crippen molar-refractivity contribution < 1.29 is 9.53 Å². The molecule has 0 aromatic heterocycles. The molecule has 5 heteroatoms. The first-order valence-electron chi connectivity index (χ1n) is 11.1. The second kappa shape index (κ2) is 8.83. The van der Waals surface area contributed by atoms with Crippen molar-refractivity contribution in [2.75, 3.05) is 26.7 Å². The van der Waals surface area contributed by atoms with Gasteiger partial charge < -0.3 is 15.8 Å². The molecule has 154 valence electrons. The standard InChI is InChI=1S/C23H35N3O2/c1-28-20-9-5-6-16(14-20)21(26-10-2-3-11-26)15-25-23(27)19-12-17-7-4-8-18(13-19)22(17)24/h5-6,9,14,17-19,21-22H,2-4,7-8,10-13,15,24H2,1H3,(H,25,27). The lowest BCUT2D eigenvalue weighted by Gasteiger charge is -2.43. The molecule has 2 saturated carbocycles. The van der Waals surface area contributed by atoms with Crippen LogP contribution < -0.4 is 15.8 Å². The van der Waals surface area contributed by atoms with Crippen molar-refractivity contribution in [3.05, 3.63) is 29.8 Å². The van der Waals surface area contributed by atoms with Crippen LogP contribution in [0.5, 0.6) is 5.75 Å². The summed E-state index contributed by atoms with van der Waals surface area (Å²) in [4.78, 5) is 15.5. The molecule has 3 atom stereocenters. The Morgan fingerprint density at radius 1 is 1.21 bits per heavy atom. The lowest BCUT2D eigenvalue weighted by Crippen LogP contribution is -2.49. The highest BCUT2D eigenvalue weighted by atomic mass is 16.5. The monoisotopic (exact) mass is 385 g/mol. The van der Waals surface area contributed by atoms with Crippen molar-refractivity contribution >= 4 is 5.91 Å². The molecule has 3 N–H and O–H groups in total. The number of ether oxygens (including phenoxy) is 1. The van der Waals surface area contributed by atoms with Crippen LogP contribution in [-0.4, -0.2) is 43.6 Å². The zero-order valence-corrected chi connectivity index (χ0v) is 17.1. The molecule has 1 aromatic rings. The summed E-state index contributed by atoms with van der Waals surface area (Å²) in [7, 11) is 1.70. The molecule has 5 nitrogen and oxygen atoms in total. The van der Waals surface area contributed by atoms with Crippen LogP contribution in [0.4, 0.5) is 0 Å². The largest absolute Gasteiger partial charge is 0.497 e. The van der Waals surface area contributed by atoms with E-state index in [9.17, 15) is 4.79 Å². The Bertz CT molecular complexity index is 660. The minimum atomic E-state index is 0.139. The van der Waals surface area contributed by atoms with E-state index < -0.39 is 0 Å². The summed E-state index contributed by atoms with van der Waals surface area (Å²) in [6.45, 7) is 2.87. The molecule has 1 aliphatic heterocycles. The molecular weight excluding hydrogens is 350 g/mol. The predicted molar refractivity (Wildman–Crippen MR) is 111 cm³/mol. The van der Waals surface area contributed by atoms with Crippen molar-refractivity contribution in [1.29, 1.82) is 0 Å². The Labute approximate surface area is 169 Å². The van der Waals surface area contributed by atoms with Crippen LogP contribution in [0.3, 0.4) is 0 Å². The van der Waals surface area contributed by atoms with E-state index in [0.717, 1.165) is 31.7 Å². The number of rotatable bonds is 6. The summed E-state index contributed by atoms with van der Waals surface area (Å²) in [5.41, 5.74) is 7.63. The van der Waals surface area contributed by atoms with Crippen LogP contribution in [0, 0.1) is 17.8 Å². The predicted octanol–water partition coefficient (Wildman–Crippen LogP) is 3.10. The Balaban J connectivity index is 1.41. The number of fused-ring (bicyclic) bond motifs is 2. The minimum absolute atomic E-state index is 0.139. The summed E-state index contributed by atoms with van der Waals surface area (Å²) in [6, 6.07) is 8.82. The van der Waals surface area contributed by atoms with Gasteiger partial charge in [-0.05, 0) is 81.1 Å². The van der Waals surface area contributed by atoms with E-state index in [1.807, 2.05) is 12.1 Å². The topological polar surface area (TPSA) is 67.6 Å². The highest BCUT2D eigenvalue weighted by Crippen LogP contribution is 2.42. The molecule has 4 rings (SSSR count). The van der Waals surface area contributed by atoms with Gasteiger partial charge in [-0.15, -0.1) is 0 Å². The summed E-state index contributed by atoms with van der Waals surface area (Å²) in [5, 5.41) is 3.31. The highest BCUT2D eigenvalue weighted by Gasteiger charge is 2.40. The maximum atomic E-state index is 13.0. The lowest BCUT2D eigenvalue weighted by molar-refractivity contribution is -0.128. The van der Waals surface area contributed by atoms with Gasteiger partial charge in [-0.3, -0.25) is 9.69 Å². The van der Waals surface area contributed by atoms with Crippen molar-refractivity contribution in [1.82, 2.24) is 10.2 Å². The zero-order chi connectivity index (χ0) is 19.5. The zero-order valence-electron chi connectivity index (χ0n) is 17.1. The molecule has 3 unspecified atom stereocenters. The number of nitrogens with two attached hydrogens (primary N) is 1. The van der Waals surface area contributed by atoms with E-state index in [0.29, 0.717) is 24.4 Å². The fourth-order valence-corrected chi connectivity index (χ4v) is 5.70. The van der Waals surface area contributed by atoms with Crippen LogP contribution in [-0.2, 0) is 4.79 Å². The molecular formula is C23H35N3O2. The molecule has 28 heavy (non-hydrogen) atoms. The molecule has 3 aliphatic rings. The second-order valence-corrected chi connectivity index (χ2v) is 8.98. The summed E-state index contributed by atoms with van der Waals surface area (Å²) in [6.07, 6.45) is 8.08. The molecule has 0 radical (unpaired) electrons. The van der Waals surface area contributed by atoms with Crippen LogP contribution in [0.2, 0.25) is 0 Å². The van der Waals surface area contributed by atoms with Gasteiger partial charge in [0.1, 0.15) is 5.75 Å². The number of methoxy groups -OCH3 is 1. The number of likely N-dealkylation sites (tertiary alicyclic amines) is 1. The van der Waals surface area contributed by atoms with Crippen LogP contribution >= 0.6 is 0 Å². The third kappa shape index (κ3) is 4.20. The van der Waals surface area contributed by atoms with Crippen LogP contribution in [0.25, 0.3) is 0 Å². The normalized spacial score (nSPS) is 31.4.